The Morgan fingerprint density at radius 3 is 2.25 bits per heavy atom. The molecule has 0 aliphatic rings. The van der Waals surface area contributed by atoms with Crippen LogP contribution in [0.4, 0.5) is 5.69 Å². The van der Waals surface area contributed by atoms with Gasteiger partial charge in [-0.3, -0.25) is 4.79 Å². The molecule has 0 atom stereocenters. The van der Waals surface area contributed by atoms with Crippen molar-refractivity contribution in [2.75, 3.05) is 17.3 Å². The van der Waals surface area contributed by atoms with Crippen molar-refractivity contribution in [3.8, 4) is 16.9 Å². The molecule has 0 aliphatic heterocycles. The number of carbonyl (C=O) groups is 1. The predicted molar refractivity (Wildman–Crippen MR) is 120 cm³/mol. The van der Waals surface area contributed by atoms with Gasteiger partial charge in [0.2, 0.25) is 5.91 Å². The maximum atomic E-state index is 12.1. The van der Waals surface area contributed by atoms with Crippen LogP contribution in [0.3, 0.4) is 0 Å². The number of rotatable bonds is 8. The fraction of sp³-hybridized carbons (Fsp3) is 0.125. The van der Waals surface area contributed by atoms with Crippen LogP contribution in [-0.2, 0) is 4.79 Å². The molecule has 0 bridgehead atoms. The predicted octanol–water partition coefficient (Wildman–Crippen LogP) is 6.17. The van der Waals surface area contributed by atoms with Gasteiger partial charge in [0.15, 0.2) is 0 Å². The van der Waals surface area contributed by atoms with E-state index in [4.69, 9.17) is 4.74 Å². The molecule has 1 N–H and O–H groups in total. The lowest BCUT2D eigenvalue weighted by Gasteiger charge is -2.06. The number of anilines is 1. The Morgan fingerprint density at radius 1 is 0.893 bits per heavy atom. The van der Waals surface area contributed by atoms with Crippen LogP contribution in [0.5, 0.6) is 5.75 Å². The molecule has 0 saturated carbocycles. The first-order valence-electron chi connectivity index (χ1n) is 9.18. The van der Waals surface area contributed by atoms with Crippen LogP contribution in [0, 0.1) is 0 Å². The van der Waals surface area contributed by atoms with E-state index in [1.54, 1.807) is 0 Å². The second-order valence-corrected chi connectivity index (χ2v) is 7.02. The van der Waals surface area contributed by atoms with Crippen LogP contribution in [-0.4, -0.2) is 17.8 Å². The average Bonchev–Trinajstić information content (AvgIpc) is 2.75. The number of carbonyl (C=O) groups excluding carboxylic acids is 1. The van der Waals surface area contributed by atoms with Crippen LogP contribution in [0.2, 0.25) is 0 Å². The van der Waals surface area contributed by atoms with Crippen LogP contribution in [0.25, 0.3) is 17.2 Å². The zero-order valence-electron chi connectivity index (χ0n) is 15.5. The molecule has 0 aromatic heterocycles. The van der Waals surface area contributed by atoms with Gasteiger partial charge in [-0.1, -0.05) is 70.5 Å². The van der Waals surface area contributed by atoms with Gasteiger partial charge in [0.05, 0.1) is 6.61 Å². The minimum atomic E-state index is -0.167. The highest BCUT2D eigenvalue weighted by Gasteiger charge is 2.00. The molecule has 0 fully saturated rings. The van der Waals surface area contributed by atoms with Gasteiger partial charge in [-0.05, 0) is 53.5 Å². The van der Waals surface area contributed by atoms with Crippen molar-refractivity contribution < 1.29 is 9.53 Å². The topological polar surface area (TPSA) is 38.3 Å². The number of ether oxygens (including phenoxy) is 1. The van der Waals surface area contributed by atoms with E-state index in [1.807, 2.05) is 60.7 Å². The minimum absolute atomic E-state index is 0.167. The van der Waals surface area contributed by atoms with E-state index < -0.39 is 0 Å². The zero-order chi connectivity index (χ0) is 19.6. The van der Waals surface area contributed by atoms with Gasteiger partial charge >= 0.3 is 0 Å². The molecule has 4 heteroatoms. The SMILES string of the molecule is O=C(/C=C/c1ccc(-c2ccccc2)cc1)Nc1ccc(OCCCBr)cc1. The van der Waals surface area contributed by atoms with E-state index >= 15 is 0 Å². The summed E-state index contributed by atoms with van der Waals surface area (Å²) in [6, 6.07) is 25.7. The first-order chi connectivity index (χ1) is 13.7. The molecule has 28 heavy (non-hydrogen) atoms. The lowest BCUT2D eigenvalue weighted by Crippen LogP contribution is -2.07. The molecule has 1 amide bonds. The zero-order valence-corrected chi connectivity index (χ0v) is 17.1. The Kier molecular flexibility index (Phi) is 7.44. The van der Waals surface area contributed by atoms with Gasteiger partial charge in [0.25, 0.3) is 0 Å². The fourth-order valence-electron chi connectivity index (χ4n) is 2.65. The average molecular weight is 436 g/mol. The van der Waals surface area contributed by atoms with Crippen LogP contribution in [0.1, 0.15) is 12.0 Å². The Hall–Kier alpha value is -2.85. The van der Waals surface area contributed by atoms with Gasteiger partial charge < -0.3 is 10.1 Å². The molecule has 3 rings (SSSR count). The van der Waals surface area contributed by atoms with Crippen molar-refractivity contribution in [3.63, 3.8) is 0 Å². The Labute approximate surface area is 174 Å². The van der Waals surface area contributed by atoms with Crippen molar-refractivity contribution in [3.05, 3.63) is 90.5 Å². The van der Waals surface area contributed by atoms with Crippen molar-refractivity contribution >= 4 is 33.6 Å². The number of nitrogens with one attached hydrogen (secondary N) is 1. The number of hydrogen-bond donors (Lipinski definition) is 1. The second kappa shape index (κ2) is 10.5. The van der Waals surface area contributed by atoms with Gasteiger partial charge in [-0.2, -0.15) is 0 Å². The van der Waals surface area contributed by atoms with E-state index in [0.717, 1.165) is 34.3 Å². The summed E-state index contributed by atoms with van der Waals surface area (Å²) in [5, 5.41) is 3.77. The Bertz CT molecular complexity index is 904. The summed E-state index contributed by atoms with van der Waals surface area (Å²) in [6.07, 6.45) is 4.30. The third-order valence-electron chi connectivity index (χ3n) is 4.11. The van der Waals surface area contributed by atoms with Crippen LogP contribution in [0.15, 0.2) is 84.9 Å². The van der Waals surface area contributed by atoms with E-state index in [-0.39, 0.29) is 5.91 Å². The van der Waals surface area contributed by atoms with Crippen LogP contribution < -0.4 is 10.1 Å². The van der Waals surface area contributed by atoms with Gasteiger partial charge in [0.1, 0.15) is 5.75 Å². The highest BCUT2D eigenvalue weighted by atomic mass is 79.9. The van der Waals surface area contributed by atoms with Crippen molar-refractivity contribution in [2.45, 2.75) is 6.42 Å². The Balaban J connectivity index is 1.53. The number of halogens is 1. The standard InChI is InChI=1S/C24H22BrNO2/c25-17-4-18-28-23-14-12-22(13-15-23)26-24(27)16-9-19-7-10-21(11-8-19)20-5-2-1-3-6-20/h1-3,5-16H,4,17-18H2,(H,26,27)/b16-9+. The van der Waals surface area contributed by atoms with E-state index in [1.165, 1.54) is 11.6 Å². The number of alkyl halides is 1. The number of hydrogen-bond acceptors (Lipinski definition) is 2. The molecule has 0 unspecified atom stereocenters. The normalized spacial score (nSPS) is 10.8. The molecule has 3 nitrogen and oxygen atoms in total. The molecule has 0 spiro atoms. The third kappa shape index (κ3) is 6.10. The molecule has 0 aliphatic carbocycles. The van der Waals surface area contributed by atoms with E-state index in [2.05, 4.69) is 45.5 Å². The summed E-state index contributed by atoms with van der Waals surface area (Å²) in [4.78, 5) is 12.1. The van der Waals surface area contributed by atoms with Crippen molar-refractivity contribution in [1.29, 1.82) is 0 Å². The lowest BCUT2D eigenvalue weighted by molar-refractivity contribution is -0.111. The molecule has 0 heterocycles. The summed E-state index contributed by atoms with van der Waals surface area (Å²) >= 11 is 3.37. The van der Waals surface area contributed by atoms with Crippen LogP contribution >= 0.6 is 15.9 Å². The van der Waals surface area contributed by atoms with E-state index in [0.29, 0.717) is 6.61 Å². The first kappa shape index (κ1) is 19.9. The van der Waals surface area contributed by atoms with Gasteiger partial charge in [0, 0.05) is 17.1 Å². The largest absolute Gasteiger partial charge is 0.494 e. The molecule has 142 valence electrons. The number of benzene rings is 3. The maximum Gasteiger partial charge on any atom is 0.248 e. The fourth-order valence-corrected chi connectivity index (χ4v) is 2.88. The highest BCUT2D eigenvalue weighted by molar-refractivity contribution is 9.09. The number of amides is 1. The molecular formula is C24H22BrNO2. The van der Waals surface area contributed by atoms with Gasteiger partial charge in [-0.15, -0.1) is 0 Å². The highest BCUT2D eigenvalue weighted by Crippen LogP contribution is 2.20. The summed E-state index contributed by atoms with van der Waals surface area (Å²) in [5.41, 5.74) is 4.04. The summed E-state index contributed by atoms with van der Waals surface area (Å²) in [5.74, 6) is 0.632. The van der Waals surface area contributed by atoms with E-state index in [9.17, 15) is 4.79 Å². The molecule has 0 saturated heterocycles. The summed E-state index contributed by atoms with van der Waals surface area (Å²) in [6.45, 7) is 0.669. The smallest absolute Gasteiger partial charge is 0.248 e. The maximum absolute atomic E-state index is 12.1. The quantitative estimate of drug-likeness (QED) is 0.261. The van der Waals surface area contributed by atoms with Gasteiger partial charge in [-0.25, -0.2) is 0 Å². The van der Waals surface area contributed by atoms with Crippen molar-refractivity contribution in [2.24, 2.45) is 0 Å². The molecular weight excluding hydrogens is 414 g/mol. The molecule has 3 aromatic rings. The summed E-state index contributed by atoms with van der Waals surface area (Å²) in [7, 11) is 0. The minimum Gasteiger partial charge on any atom is -0.494 e. The van der Waals surface area contributed by atoms with Crippen molar-refractivity contribution in [1.82, 2.24) is 0 Å². The third-order valence-corrected chi connectivity index (χ3v) is 4.67. The molecule has 0 radical (unpaired) electrons. The second-order valence-electron chi connectivity index (χ2n) is 6.23. The Morgan fingerprint density at radius 2 is 1.57 bits per heavy atom. The monoisotopic (exact) mass is 435 g/mol. The first-order valence-corrected chi connectivity index (χ1v) is 10.3. The lowest BCUT2D eigenvalue weighted by atomic mass is 10.0. The summed E-state index contributed by atoms with van der Waals surface area (Å²) < 4.78 is 5.60. The molecule has 3 aromatic carbocycles.